The summed E-state index contributed by atoms with van der Waals surface area (Å²) in [5, 5.41) is 8.77. The van der Waals surface area contributed by atoms with E-state index in [0.717, 1.165) is 0 Å². The Morgan fingerprint density at radius 2 is 1.95 bits per heavy atom. The van der Waals surface area contributed by atoms with Crippen LogP contribution in [0.3, 0.4) is 0 Å². The van der Waals surface area contributed by atoms with Gasteiger partial charge in [-0.05, 0) is 12.1 Å². The van der Waals surface area contributed by atoms with Crippen molar-refractivity contribution in [1.82, 2.24) is 14.6 Å². The molecule has 0 aliphatic heterocycles. The smallest absolute Gasteiger partial charge is 0.196 e. The highest BCUT2D eigenvalue weighted by atomic mass is 32.2. The Hall–Kier alpha value is -2.34. The minimum atomic E-state index is 0.0660. The van der Waals surface area contributed by atoms with E-state index in [1.54, 1.807) is 22.7 Å². The van der Waals surface area contributed by atoms with E-state index in [4.69, 9.17) is 5.73 Å². The first-order chi connectivity index (χ1) is 9.74. The van der Waals surface area contributed by atoms with Gasteiger partial charge in [-0.25, -0.2) is 0 Å². The number of anilines is 1. The Morgan fingerprint density at radius 1 is 1.15 bits per heavy atom. The highest BCUT2D eigenvalue weighted by Gasteiger charge is 2.10. The average molecular weight is 284 g/mol. The predicted octanol–water partition coefficient (Wildman–Crippen LogP) is 2.29. The molecule has 0 bridgehead atoms. The molecule has 0 radical (unpaired) electrons. The minimum Gasteiger partial charge on any atom is -0.398 e. The molecule has 1 aromatic carbocycles. The highest BCUT2D eigenvalue weighted by molar-refractivity contribution is 7.99. The second kappa shape index (κ2) is 5.34. The quantitative estimate of drug-likeness (QED) is 0.588. The van der Waals surface area contributed by atoms with Crippen molar-refractivity contribution in [3.63, 3.8) is 0 Å². The molecule has 0 amide bonds. The van der Waals surface area contributed by atoms with Gasteiger partial charge in [0.15, 0.2) is 16.6 Å². The number of carbonyl (C=O) groups is 1. The molecule has 3 rings (SSSR count). The molecule has 0 aliphatic carbocycles. The maximum atomic E-state index is 12.0. The molecule has 0 atom stereocenters. The van der Waals surface area contributed by atoms with Gasteiger partial charge in [-0.2, -0.15) is 0 Å². The lowest BCUT2D eigenvalue weighted by Gasteiger charge is -2.01. The summed E-state index contributed by atoms with van der Waals surface area (Å²) in [5.74, 6) is 0.385. The van der Waals surface area contributed by atoms with Gasteiger partial charge in [-0.15, -0.1) is 10.2 Å². The van der Waals surface area contributed by atoms with Gasteiger partial charge >= 0.3 is 0 Å². The Balaban J connectivity index is 1.77. The van der Waals surface area contributed by atoms with Crippen molar-refractivity contribution >= 4 is 28.9 Å². The fourth-order valence-electron chi connectivity index (χ4n) is 1.82. The van der Waals surface area contributed by atoms with Crippen molar-refractivity contribution in [2.75, 3.05) is 11.5 Å². The molecule has 20 heavy (non-hydrogen) atoms. The molecule has 0 saturated carbocycles. The summed E-state index contributed by atoms with van der Waals surface area (Å²) in [5.41, 5.74) is 7.80. The van der Waals surface area contributed by atoms with Gasteiger partial charge in [0, 0.05) is 17.4 Å². The lowest BCUT2D eigenvalue weighted by atomic mass is 10.2. The summed E-state index contributed by atoms with van der Waals surface area (Å²) < 4.78 is 1.79. The number of rotatable bonds is 4. The number of benzene rings is 1. The third-order valence-electron chi connectivity index (χ3n) is 2.82. The van der Waals surface area contributed by atoms with Crippen molar-refractivity contribution in [2.24, 2.45) is 0 Å². The topological polar surface area (TPSA) is 73.3 Å². The molecular weight excluding hydrogens is 272 g/mol. The minimum absolute atomic E-state index is 0.0660. The van der Waals surface area contributed by atoms with Crippen LogP contribution in [0.2, 0.25) is 0 Å². The zero-order valence-corrected chi connectivity index (χ0v) is 11.4. The second-order valence-corrected chi connectivity index (χ2v) is 5.19. The number of nitrogen functional groups attached to an aromatic ring is 1. The number of nitrogens with zero attached hydrogens (tertiary/aromatic N) is 3. The normalized spacial score (nSPS) is 10.8. The monoisotopic (exact) mass is 284 g/mol. The number of fused-ring (bicyclic) bond motifs is 1. The van der Waals surface area contributed by atoms with E-state index >= 15 is 0 Å². The van der Waals surface area contributed by atoms with Crippen molar-refractivity contribution in [3.05, 3.63) is 54.2 Å². The van der Waals surface area contributed by atoms with Crippen LogP contribution in [-0.4, -0.2) is 26.1 Å². The van der Waals surface area contributed by atoms with Crippen LogP contribution in [0.5, 0.6) is 0 Å². The van der Waals surface area contributed by atoms with Crippen LogP contribution in [0.4, 0.5) is 5.69 Å². The number of thioether (sulfide) groups is 1. The summed E-state index contributed by atoms with van der Waals surface area (Å²) in [6.45, 7) is 0. The highest BCUT2D eigenvalue weighted by Crippen LogP contribution is 2.19. The molecule has 6 heteroatoms. The summed E-state index contributed by atoms with van der Waals surface area (Å²) in [4.78, 5) is 12.0. The number of carbonyl (C=O) groups excluding carboxylic acids is 1. The molecule has 0 aliphatic rings. The Bertz CT molecular complexity index is 754. The summed E-state index contributed by atoms with van der Waals surface area (Å²) >= 11 is 1.35. The fourth-order valence-corrected chi connectivity index (χ4v) is 2.63. The zero-order chi connectivity index (χ0) is 13.9. The van der Waals surface area contributed by atoms with Crippen LogP contribution >= 0.6 is 11.8 Å². The third kappa shape index (κ3) is 2.50. The van der Waals surface area contributed by atoms with Crippen LogP contribution in [0.25, 0.3) is 5.65 Å². The molecule has 5 nitrogen and oxygen atoms in total. The average Bonchev–Trinajstić information content (AvgIpc) is 2.88. The molecule has 0 fully saturated rings. The van der Waals surface area contributed by atoms with Crippen molar-refractivity contribution in [2.45, 2.75) is 5.16 Å². The van der Waals surface area contributed by atoms with E-state index in [0.29, 0.717) is 27.8 Å². The molecule has 0 spiro atoms. The molecule has 0 unspecified atom stereocenters. The van der Waals surface area contributed by atoms with Crippen LogP contribution in [0.1, 0.15) is 10.4 Å². The van der Waals surface area contributed by atoms with Gasteiger partial charge in [-0.3, -0.25) is 9.20 Å². The third-order valence-corrected chi connectivity index (χ3v) is 3.77. The molecule has 0 saturated heterocycles. The number of pyridine rings is 1. The summed E-state index contributed by atoms with van der Waals surface area (Å²) in [6.07, 6.45) is 1.75. The Kier molecular flexibility index (Phi) is 3.39. The maximum Gasteiger partial charge on any atom is 0.196 e. The number of ketones is 1. The first-order valence-corrected chi connectivity index (χ1v) is 7.04. The van der Waals surface area contributed by atoms with E-state index in [9.17, 15) is 4.79 Å². The fraction of sp³-hybridized carbons (Fsp3) is 0.0714. The van der Waals surface area contributed by atoms with Gasteiger partial charge < -0.3 is 5.73 Å². The van der Waals surface area contributed by atoms with Gasteiger partial charge in [0.25, 0.3) is 0 Å². The van der Waals surface area contributed by atoms with Gasteiger partial charge in [0.05, 0.1) is 5.75 Å². The van der Waals surface area contributed by atoms with E-state index in [1.165, 1.54) is 11.8 Å². The van der Waals surface area contributed by atoms with Crippen molar-refractivity contribution in [1.29, 1.82) is 0 Å². The lowest BCUT2D eigenvalue weighted by Crippen LogP contribution is -2.02. The Morgan fingerprint density at radius 3 is 2.75 bits per heavy atom. The SMILES string of the molecule is Nc1ccc2nnc(SCC(=O)c3ccccc3)n2c1. The molecule has 100 valence electrons. The largest absolute Gasteiger partial charge is 0.398 e. The van der Waals surface area contributed by atoms with E-state index in [-0.39, 0.29) is 5.78 Å². The summed E-state index contributed by atoms with van der Waals surface area (Å²) in [6, 6.07) is 12.8. The Labute approximate surface area is 119 Å². The van der Waals surface area contributed by atoms with Crippen molar-refractivity contribution in [3.8, 4) is 0 Å². The number of Topliss-reactive ketones (excluding diaryl/α,β-unsaturated/α-hetero) is 1. The van der Waals surface area contributed by atoms with Gasteiger partial charge in [0.1, 0.15) is 0 Å². The van der Waals surface area contributed by atoms with Crippen LogP contribution in [0, 0.1) is 0 Å². The second-order valence-electron chi connectivity index (χ2n) is 4.25. The van der Waals surface area contributed by atoms with Crippen LogP contribution in [-0.2, 0) is 0 Å². The van der Waals surface area contributed by atoms with Crippen LogP contribution in [0.15, 0.2) is 53.8 Å². The number of hydrogen-bond acceptors (Lipinski definition) is 5. The number of hydrogen-bond donors (Lipinski definition) is 1. The molecule has 2 N–H and O–H groups in total. The first kappa shape index (κ1) is 12.7. The summed E-state index contributed by atoms with van der Waals surface area (Å²) in [7, 11) is 0. The van der Waals surface area contributed by atoms with E-state index < -0.39 is 0 Å². The van der Waals surface area contributed by atoms with Gasteiger partial charge in [0.2, 0.25) is 0 Å². The molecular formula is C14H12N4OS. The number of aromatic nitrogens is 3. The predicted molar refractivity (Wildman–Crippen MR) is 78.9 cm³/mol. The lowest BCUT2D eigenvalue weighted by molar-refractivity contribution is 0.102. The molecule has 2 heterocycles. The zero-order valence-electron chi connectivity index (χ0n) is 10.6. The van der Waals surface area contributed by atoms with E-state index in [1.807, 2.05) is 30.3 Å². The van der Waals surface area contributed by atoms with E-state index in [2.05, 4.69) is 10.2 Å². The first-order valence-electron chi connectivity index (χ1n) is 6.05. The molecule has 2 aromatic heterocycles. The number of nitrogens with two attached hydrogens (primary N) is 1. The standard InChI is InChI=1S/C14H12N4OS/c15-11-6-7-13-16-17-14(18(13)8-11)20-9-12(19)10-4-2-1-3-5-10/h1-8H,9,15H2. The van der Waals surface area contributed by atoms with Crippen molar-refractivity contribution < 1.29 is 4.79 Å². The van der Waals surface area contributed by atoms with Crippen LogP contribution < -0.4 is 5.73 Å². The maximum absolute atomic E-state index is 12.0. The molecule has 3 aromatic rings. The van der Waals surface area contributed by atoms with Gasteiger partial charge in [-0.1, -0.05) is 42.1 Å².